The number of aromatic nitrogens is 3. The summed E-state index contributed by atoms with van der Waals surface area (Å²) in [7, 11) is 1.96. The number of nitrogens with zero attached hydrogens (tertiary/aromatic N) is 4. The fraction of sp³-hybridized carbons (Fsp3) is 0.344. The van der Waals surface area contributed by atoms with Gasteiger partial charge in [0.05, 0.1) is 34.5 Å². The van der Waals surface area contributed by atoms with Crippen LogP contribution in [0.5, 0.6) is 0 Å². The molecular weight excluding hydrogens is 572 g/mol. The van der Waals surface area contributed by atoms with Crippen molar-refractivity contribution in [2.45, 2.75) is 39.4 Å². The third-order valence-corrected chi connectivity index (χ3v) is 8.80. The first kappa shape index (κ1) is 28.6. The van der Waals surface area contributed by atoms with Crippen LogP contribution in [-0.2, 0) is 21.3 Å². The molecule has 1 saturated heterocycles. The summed E-state index contributed by atoms with van der Waals surface area (Å²) < 4.78 is 14.5. The lowest BCUT2D eigenvalue weighted by molar-refractivity contribution is -0.160. The number of hydrogen-bond donors (Lipinski definition) is 1. The van der Waals surface area contributed by atoms with Gasteiger partial charge in [0.25, 0.3) is 0 Å². The minimum atomic E-state index is -1.16. The standard InChI is InChI=1S/C32H33ClN4O4S/c1-18-16-23-28(26(19-6-9-21(33)10-7-19)25(18)27(31(38)39)41-32(2,3)4)42-30(34-23)20-8-11-24-22(17-20)29(35-36(24)5)37-12-14-40-15-13-37/h6-11,16-17,27H,12-15H2,1-5H3,(H,38,39). The molecule has 6 rings (SSSR count). The quantitative estimate of drug-likeness (QED) is 0.218. The molecule has 1 unspecified atom stereocenters. The monoisotopic (exact) mass is 604 g/mol. The number of aryl methyl sites for hydroxylation is 2. The summed E-state index contributed by atoms with van der Waals surface area (Å²) in [6.07, 6.45) is -1.16. The highest BCUT2D eigenvalue weighted by Gasteiger charge is 2.32. The fourth-order valence-corrected chi connectivity index (χ4v) is 6.80. The van der Waals surface area contributed by atoms with Gasteiger partial charge in [-0.15, -0.1) is 11.3 Å². The second-order valence-electron chi connectivity index (χ2n) is 11.6. The minimum absolute atomic E-state index is 0.607. The van der Waals surface area contributed by atoms with Crippen LogP contribution in [0.1, 0.15) is 38.0 Å². The van der Waals surface area contributed by atoms with Crippen molar-refractivity contribution in [2.24, 2.45) is 7.05 Å². The summed E-state index contributed by atoms with van der Waals surface area (Å²) in [6.45, 7) is 10.5. The number of aliphatic carboxylic acids is 1. The topological polar surface area (TPSA) is 89.7 Å². The molecule has 1 aliphatic rings. The number of benzene rings is 3. The number of ether oxygens (including phenoxy) is 2. The summed E-state index contributed by atoms with van der Waals surface area (Å²) in [6, 6.07) is 15.8. The van der Waals surface area contributed by atoms with E-state index in [4.69, 9.17) is 31.2 Å². The molecule has 2 aromatic heterocycles. The summed E-state index contributed by atoms with van der Waals surface area (Å²) in [4.78, 5) is 20.0. The fourth-order valence-electron chi connectivity index (χ4n) is 5.55. The first-order valence-electron chi connectivity index (χ1n) is 13.9. The molecular formula is C32H33ClN4O4S. The van der Waals surface area contributed by atoms with Gasteiger partial charge in [0.2, 0.25) is 0 Å². The van der Waals surface area contributed by atoms with Gasteiger partial charge in [-0.05, 0) is 75.2 Å². The number of fused-ring (bicyclic) bond motifs is 2. The third-order valence-electron chi connectivity index (χ3n) is 7.41. The number of anilines is 1. The van der Waals surface area contributed by atoms with Crippen LogP contribution in [0, 0.1) is 6.92 Å². The zero-order chi connectivity index (χ0) is 29.8. The molecule has 0 aliphatic carbocycles. The lowest BCUT2D eigenvalue weighted by Gasteiger charge is -2.28. The summed E-state index contributed by atoms with van der Waals surface area (Å²) >= 11 is 7.79. The molecule has 8 nitrogen and oxygen atoms in total. The van der Waals surface area contributed by atoms with E-state index in [2.05, 4.69) is 23.1 Å². The molecule has 0 bridgehead atoms. The lowest BCUT2D eigenvalue weighted by atomic mass is 9.91. The zero-order valence-corrected chi connectivity index (χ0v) is 25.8. The van der Waals surface area contributed by atoms with Crippen molar-refractivity contribution >= 4 is 55.8 Å². The van der Waals surface area contributed by atoms with Gasteiger partial charge in [-0.3, -0.25) is 4.68 Å². The van der Waals surface area contributed by atoms with Crippen molar-refractivity contribution in [1.29, 1.82) is 0 Å². The van der Waals surface area contributed by atoms with Crippen molar-refractivity contribution in [2.75, 3.05) is 31.2 Å². The van der Waals surface area contributed by atoms with Gasteiger partial charge in [-0.2, -0.15) is 5.10 Å². The smallest absolute Gasteiger partial charge is 0.337 e. The van der Waals surface area contributed by atoms with Crippen molar-refractivity contribution in [3.05, 3.63) is 64.7 Å². The van der Waals surface area contributed by atoms with Crippen LogP contribution in [-0.4, -0.2) is 57.7 Å². The molecule has 1 aliphatic heterocycles. The maximum Gasteiger partial charge on any atom is 0.337 e. The highest BCUT2D eigenvalue weighted by molar-refractivity contribution is 7.22. The van der Waals surface area contributed by atoms with Crippen LogP contribution < -0.4 is 4.90 Å². The molecule has 1 fully saturated rings. The zero-order valence-electron chi connectivity index (χ0n) is 24.3. The molecule has 42 heavy (non-hydrogen) atoms. The van der Waals surface area contributed by atoms with E-state index in [1.165, 1.54) is 0 Å². The van der Waals surface area contributed by atoms with Crippen molar-refractivity contribution < 1.29 is 19.4 Å². The Balaban J connectivity index is 1.55. The molecule has 1 N–H and O–H groups in total. The van der Waals surface area contributed by atoms with Gasteiger partial charge in [-0.25, -0.2) is 9.78 Å². The number of rotatable bonds is 6. The summed E-state index contributed by atoms with van der Waals surface area (Å²) in [5.74, 6) is -0.0904. The number of thiazole rings is 1. The van der Waals surface area contributed by atoms with E-state index in [0.717, 1.165) is 67.3 Å². The Labute approximate surface area is 253 Å². The average molecular weight is 605 g/mol. The van der Waals surface area contributed by atoms with E-state index in [9.17, 15) is 9.90 Å². The van der Waals surface area contributed by atoms with Gasteiger partial charge in [-0.1, -0.05) is 23.7 Å². The highest BCUT2D eigenvalue weighted by Crippen LogP contribution is 2.45. The molecule has 0 amide bonds. The van der Waals surface area contributed by atoms with E-state index in [1.807, 2.05) is 69.8 Å². The molecule has 0 saturated carbocycles. The summed E-state index contributed by atoms with van der Waals surface area (Å²) in [5.41, 5.74) is 5.26. The largest absolute Gasteiger partial charge is 0.479 e. The van der Waals surface area contributed by atoms with E-state index < -0.39 is 17.7 Å². The Bertz CT molecular complexity index is 1800. The Morgan fingerprint density at radius 3 is 2.45 bits per heavy atom. The first-order chi connectivity index (χ1) is 20.0. The predicted octanol–water partition coefficient (Wildman–Crippen LogP) is 7.26. The van der Waals surface area contributed by atoms with E-state index >= 15 is 0 Å². The van der Waals surface area contributed by atoms with Crippen LogP contribution in [0.2, 0.25) is 5.02 Å². The molecule has 3 aromatic carbocycles. The Hall–Kier alpha value is -3.50. The van der Waals surface area contributed by atoms with E-state index in [0.29, 0.717) is 23.8 Å². The van der Waals surface area contributed by atoms with Gasteiger partial charge in [0.1, 0.15) is 5.01 Å². The predicted molar refractivity (Wildman–Crippen MR) is 169 cm³/mol. The molecule has 10 heteroatoms. The number of carbonyl (C=O) groups is 1. The molecule has 0 radical (unpaired) electrons. The number of halogens is 1. The molecule has 218 valence electrons. The Morgan fingerprint density at radius 2 is 1.79 bits per heavy atom. The normalized spacial score (nSPS) is 15.0. The van der Waals surface area contributed by atoms with Crippen LogP contribution in [0.3, 0.4) is 0 Å². The lowest BCUT2D eigenvalue weighted by Crippen LogP contribution is -2.36. The average Bonchev–Trinajstić information content (AvgIpc) is 3.52. The van der Waals surface area contributed by atoms with Crippen molar-refractivity contribution in [1.82, 2.24) is 14.8 Å². The van der Waals surface area contributed by atoms with E-state index in [-0.39, 0.29) is 0 Å². The SMILES string of the molecule is Cc1cc2nc(-c3ccc4c(c3)c(N3CCOCC3)nn4C)sc2c(-c2ccc(Cl)cc2)c1C(OC(C)(C)C)C(=O)O. The summed E-state index contributed by atoms with van der Waals surface area (Å²) in [5, 5.41) is 17.7. The number of hydrogen-bond acceptors (Lipinski definition) is 7. The second kappa shape index (κ2) is 11.0. The third kappa shape index (κ3) is 5.38. The van der Waals surface area contributed by atoms with Crippen molar-refractivity contribution in [3.63, 3.8) is 0 Å². The highest BCUT2D eigenvalue weighted by atomic mass is 35.5. The maximum absolute atomic E-state index is 12.6. The van der Waals surface area contributed by atoms with Crippen LogP contribution in [0.15, 0.2) is 48.5 Å². The van der Waals surface area contributed by atoms with Gasteiger partial charge < -0.3 is 19.5 Å². The van der Waals surface area contributed by atoms with Gasteiger partial charge >= 0.3 is 5.97 Å². The van der Waals surface area contributed by atoms with E-state index in [1.54, 1.807) is 11.3 Å². The molecule has 5 aromatic rings. The van der Waals surface area contributed by atoms with Gasteiger partial charge in [0, 0.05) is 47.2 Å². The van der Waals surface area contributed by atoms with Crippen LogP contribution in [0.25, 0.3) is 42.8 Å². The number of morpholine rings is 1. The van der Waals surface area contributed by atoms with Crippen LogP contribution in [0.4, 0.5) is 5.82 Å². The molecule has 1 atom stereocenters. The Morgan fingerprint density at radius 1 is 1.10 bits per heavy atom. The molecule has 0 spiro atoms. The van der Waals surface area contributed by atoms with Gasteiger partial charge in [0.15, 0.2) is 11.9 Å². The second-order valence-corrected chi connectivity index (χ2v) is 13.0. The maximum atomic E-state index is 12.6. The number of carboxylic acids is 1. The minimum Gasteiger partial charge on any atom is -0.479 e. The first-order valence-corrected chi connectivity index (χ1v) is 15.1. The Kier molecular flexibility index (Phi) is 7.47. The van der Waals surface area contributed by atoms with Crippen molar-refractivity contribution in [3.8, 4) is 21.7 Å². The van der Waals surface area contributed by atoms with Crippen LogP contribution >= 0.6 is 22.9 Å². The number of carboxylic acid groups (broad SMARTS) is 1. The molecule has 3 heterocycles.